The summed E-state index contributed by atoms with van der Waals surface area (Å²) in [7, 11) is 0. The lowest BCUT2D eigenvalue weighted by atomic mass is 9.94. The fourth-order valence-electron chi connectivity index (χ4n) is 11.0. The highest BCUT2D eigenvalue weighted by Gasteiger charge is 2.61. The number of carbonyl (C=O) groups excluding carboxylic acids is 1. The molecule has 0 radical (unpaired) electrons. The Morgan fingerprint density at radius 3 is 1.45 bits per heavy atom. The van der Waals surface area contributed by atoms with Crippen LogP contribution in [0.2, 0.25) is 0 Å². The standard InChI is InChI=1S/C30H32FNO6.C28H28FNO6/c1-4-36-30(35)29-23-10-19-11-26(32-12-24(19)28(23)29)38-14-20-9-18(5-6-25(20)31)27-16(2)7-22(8-17(27)3)37-15-21(34)13-33;1-14-5-20(35-13-19(32)11-31)6-15(2)25(14)16-3-4-23(29)18(7-16)12-36-24-9-17-8-21-26(22(17)10-30-24)27(21)28(33)34/h5-9,11-12,21,23,28-29,33-34H,4,10,13-15H2,1-3H3;3-7,9-10,19,21,26-27,31-32H,8,11-13H2,1-2H3,(H,33,34)/t21?,23-,28-,29+;19?,21-,26-,27+/m11/s1. The van der Waals surface area contributed by atoms with Crippen LogP contribution >= 0.6 is 0 Å². The van der Waals surface area contributed by atoms with Crippen LogP contribution in [0.4, 0.5) is 8.78 Å². The summed E-state index contributed by atoms with van der Waals surface area (Å²) < 4.78 is 57.4. The van der Waals surface area contributed by atoms with Gasteiger partial charge in [0.05, 0.1) is 31.7 Å². The number of carbonyl (C=O) groups is 2. The van der Waals surface area contributed by atoms with Gasteiger partial charge in [0.25, 0.3) is 0 Å². The van der Waals surface area contributed by atoms with Crippen molar-refractivity contribution >= 4 is 11.9 Å². The van der Waals surface area contributed by atoms with Crippen LogP contribution in [-0.2, 0) is 40.4 Å². The molecule has 2 heterocycles. The lowest BCUT2D eigenvalue weighted by molar-refractivity contribution is -0.145. The highest BCUT2D eigenvalue weighted by Crippen LogP contribution is 2.62. The average Bonchev–Trinajstić information content (AvgIpc) is 4.21. The van der Waals surface area contributed by atoms with Gasteiger partial charge in [-0.1, -0.05) is 12.1 Å². The third-order valence-electron chi connectivity index (χ3n) is 14.5. The minimum absolute atomic E-state index is 0.00319. The zero-order valence-electron chi connectivity index (χ0n) is 41.8. The number of ether oxygens (including phenoxy) is 5. The fraction of sp³-hybridized carbons (Fsp3) is 0.379. The zero-order valence-corrected chi connectivity index (χ0v) is 41.8. The van der Waals surface area contributed by atoms with Crippen LogP contribution < -0.4 is 18.9 Å². The summed E-state index contributed by atoms with van der Waals surface area (Å²) in [5.74, 6) is 0.681. The smallest absolute Gasteiger partial charge is 0.309 e. The fourth-order valence-corrected chi connectivity index (χ4v) is 11.0. The number of rotatable bonds is 19. The number of fused-ring (bicyclic) bond motifs is 6. The minimum atomic E-state index is -0.947. The van der Waals surface area contributed by atoms with Gasteiger partial charge >= 0.3 is 11.9 Å². The normalized spacial score (nSPS) is 20.1. The molecule has 6 aromatic rings. The Morgan fingerprint density at radius 2 is 1.04 bits per heavy atom. The minimum Gasteiger partial charge on any atom is -0.491 e. The number of aromatic nitrogens is 2. The van der Waals surface area contributed by atoms with Crippen LogP contribution in [-0.4, -0.2) is 92.7 Å². The number of carboxylic acids is 1. The summed E-state index contributed by atoms with van der Waals surface area (Å²) in [5.41, 5.74) is 12.4. The Morgan fingerprint density at radius 1 is 0.622 bits per heavy atom. The number of pyridine rings is 2. The van der Waals surface area contributed by atoms with Crippen LogP contribution in [0.15, 0.2) is 85.2 Å². The molecule has 16 heteroatoms. The predicted molar refractivity (Wildman–Crippen MR) is 268 cm³/mol. The first-order valence-corrected chi connectivity index (χ1v) is 24.8. The molecule has 0 saturated heterocycles. The van der Waals surface area contributed by atoms with E-state index in [9.17, 15) is 33.7 Å². The van der Waals surface area contributed by atoms with E-state index in [0.29, 0.717) is 47.4 Å². The van der Waals surface area contributed by atoms with Gasteiger partial charge in [0.1, 0.15) is 61.8 Å². The van der Waals surface area contributed by atoms with Crippen molar-refractivity contribution in [3.63, 3.8) is 0 Å². The molecule has 388 valence electrons. The number of nitrogens with zero attached hydrogens (tertiary/aromatic N) is 2. The first-order valence-electron chi connectivity index (χ1n) is 24.8. The summed E-state index contributed by atoms with van der Waals surface area (Å²) in [5, 5.41) is 46.3. The molecular formula is C58H60F2N2O12. The molecule has 0 bridgehead atoms. The van der Waals surface area contributed by atoms with Gasteiger partial charge in [0.15, 0.2) is 0 Å². The van der Waals surface area contributed by atoms with Crippen molar-refractivity contribution < 1.29 is 67.6 Å². The number of aliphatic carboxylic acids is 1. The number of aliphatic hydroxyl groups is 4. The van der Waals surface area contributed by atoms with Gasteiger partial charge in [-0.3, -0.25) is 9.59 Å². The molecular weight excluding hydrogens is 955 g/mol. The number of aryl methyl sites for hydroxylation is 4. The maximum atomic E-state index is 14.7. The number of aliphatic hydroxyl groups excluding tert-OH is 4. The molecule has 0 spiro atoms. The van der Waals surface area contributed by atoms with Crippen molar-refractivity contribution in [1.29, 1.82) is 0 Å². The lowest BCUT2D eigenvalue weighted by Gasteiger charge is -2.16. The van der Waals surface area contributed by atoms with E-state index >= 15 is 0 Å². The average molecular weight is 1020 g/mol. The molecule has 4 aliphatic carbocycles. The van der Waals surface area contributed by atoms with Crippen molar-refractivity contribution in [2.24, 2.45) is 23.7 Å². The van der Waals surface area contributed by atoms with Crippen molar-refractivity contribution in [2.45, 2.75) is 84.7 Å². The first-order chi connectivity index (χ1) is 35.6. The molecule has 2 unspecified atom stereocenters. The van der Waals surface area contributed by atoms with Crippen molar-refractivity contribution in [3.05, 3.63) is 152 Å². The van der Waals surface area contributed by atoms with E-state index in [1.165, 1.54) is 12.1 Å². The molecule has 4 aromatic carbocycles. The largest absolute Gasteiger partial charge is 0.491 e. The molecule has 2 saturated carbocycles. The Kier molecular flexibility index (Phi) is 15.3. The second kappa shape index (κ2) is 21.9. The molecule has 2 aromatic heterocycles. The van der Waals surface area contributed by atoms with E-state index in [1.807, 2.05) is 71.0 Å². The van der Waals surface area contributed by atoms with Gasteiger partial charge in [-0.15, -0.1) is 0 Å². The Hall–Kier alpha value is -6.98. The highest BCUT2D eigenvalue weighted by molar-refractivity contribution is 5.80. The van der Waals surface area contributed by atoms with E-state index in [4.69, 9.17) is 33.9 Å². The van der Waals surface area contributed by atoms with Gasteiger partial charge in [-0.25, -0.2) is 18.7 Å². The summed E-state index contributed by atoms with van der Waals surface area (Å²) >= 11 is 0. The maximum Gasteiger partial charge on any atom is 0.309 e. The number of esters is 1. The first kappa shape index (κ1) is 51.9. The van der Waals surface area contributed by atoms with E-state index in [0.717, 1.165) is 73.2 Å². The lowest BCUT2D eigenvalue weighted by Crippen LogP contribution is -2.21. The molecule has 4 aliphatic rings. The van der Waals surface area contributed by atoms with Crippen LogP contribution in [0.25, 0.3) is 22.3 Å². The topological polar surface area (TPSA) is 207 Å². The van der Waals surface area contributed by atoms with Gasteiger partial charge in [-0.2, -0.15) is 0 Å². The number of hydrogen-bond donors (Lipinski definition) is 5. The van der Waals surface area contributed by atoms with E-state index in [-0.39, 0.29) is 92.8 Å². The number of carboxylic acid groups (broad SMARTS) is 1. The quantitative estimate of drug-likeness (QED) is 0.0487. The Bertz CT molecular complexity index is 3050. The second-order valence-corrected chi connectivity index (χ2v) is 19.7. The highest BCUT2D eigenvalue weighted by atomic mass is 19.1. The number of halogens is 2. The summed E-state index contributed by atoms with van der Waals surface area (Å²) in [6.07, 6.45) is 3.08. The predicted octanol–water partition coefficient (Wildman–Crippen LogP) is 8.05. The van der Waals surface area contributed by atoms with Crippen LogP contribution in [0.1, 0.15) is 74.4 Å². The molecule has 14 nitrogen and oxygen atoms in total. The number of benzene rings is 4. The second-order valence-electron chi connectivity index (χ2n) is 19.7. The monoisotopic (exact) mass is 1010 g/mol. The van der Waals surface area contributed by atoms with Gasteiger partial charge in [0, 0.05) is 47.5 Å². The molecule has 2 fully saturated rings. The van der Waals surface area contributed by atoms with Gasteiger partial charge in [-0.05, 0) is 175 Å². The van der Waals surface area contributed by atoms with E-state index in [1.54, 1.807) is 36.7 Å². The molecule has 8 atom stereocenters. The maximum absolute atomic E-state index is 14.7. The van der Waals surface area contributed by atoms with Crippen molar-refractivity contribution in [1.82, 2.24) is 9.97 Å². The van der Waals surface area contributed by atoms with Gasteiger partial charge < -0.3 is 49.2 Å². The number of hydrogen-bond acceptors (Lipinski definition) is 13. The third kappa shape index (κ3) is 10.9. The molecule has 10 rings (SSSR count). The van der Waals surface area contributed by atoms with Crippen LogP contribution in [0.5, 0.6) is 23.3 Å². The van der Waals surface area contributed by atoms with Gasteiger partial charge in [0.2, 0.25) is 11.8 Å². The Balaban J connectivity index is 0.000000182. The molecule has 0 aliphatic heterocycles. The van der Waals surface area contributed by atoms with Crippen molar-refractivity contribution in [3.8, 4) is 45.5 Å². The van der Waals surface area contributed by atoms with Crippen LogP contribution in [0.3, 0.4) is 0 Å². The SMILES string of the molecule is CCOC(=O)[C@H]1[C@@H]2Cc3cc(OCc4cc(-c5c(C)cc(OCC(O)CO)cc5C)ccc4F)ncc3[C@@H]21.Cc1cc(OCC(O)CO)cc(C)c1-c1ccc(F)c(COc2cc3c(cn2)[C@H]2[C@@H](C3)[C@@H]2C(=O)O)c1. The summed E-state index contributed by atoms with van der Waals surface area (Å²) in [6, 6.07) is 21.0. The molecule has 74 heavy (non-hydrogen) atoms. The Labute approximate surface area is 427 Å². The van der Waals surface area contributed by atoms with E-state index < -0.39 is 18.2 Å². The summed E-state index contributed by atoms with van der Waals surface area (Å²) in [6.45, 7) is 9.26. The van der Waals surface area contributed by atoms with Crippen LogP contribution in [0, 0.1) is 63.0 Å². The molecule has 0 amide bonds. The third-order valence-corrected chi connectivity index (χ3v) is 14.5. The van der Waals surface area contributed by atoms with Crippen molar-refractivity contribution in [2.75, 3.05) is 33.0 Å². The zero-order chi connectivity index (χ0) is 52.5. The van der Waals surface area contributed by atoms with E-state index in [2.05, 4.69) is 9.97 Å². The summed E-state index contributed by atoms with van der Waals surface area (Å²) in [4.78, 5) is 32.2. The molecule has 5 N–H and O–H groups in total.